The standard InChI is InChI=1S/C17H20FN3O.ClH/c18-16-7-13(12-3-5-19-6-4-12)1-2-14(16)8-20-9-15-10-21-11-17(15)22;/h1-7,15,17,20-22H,8-11H2;1H. The van der Waals surface area contributed by atoms with Gasteiger partial charge in [0.2, 0.25) is 0 Å². The summed E-state index contributed by atoms with van der Waals surface area (Å²) in [7, 11) is 0. The number of nitrogens with zero attached hydrogens (tertiary/aromatic N) is 1. The SMILES string of the molecule is Cl.OC1CNCC1CNCc1ccc(-c2ccncc2)cc1F. The van der Waals surface area contributed by atoms with E-state index in [-0.39, 0.29) is 30.2 Å². The Morgan fingerprint density at radius 2 is 1.96 bits per heavy atom. The average Bonchev–Trinajstić information content (AvgIpc) is 2.95. The van der Waals surface area contributed by atoms with Crippen LogP contribution in [0.1, 0.15) is 5.56 Å². The molecule has 1 aliphatic heterocycles. The molecule has 2 heterocycles. The lowest BCUT2D eigenvalue weighted by Gasteiger charge is -2.14. The number of aliphatic hydroxyl groups is 1. The van der Waals surface area contributed by atoms with Crippen LogP contribution in [0.5, 0.6) is 0 Å². The summed E-state index contributed by atoms with van der Waals surface area (Å²) in [6.45, 7) is 2.59. The predicted molar refractivity (Wildman–Crippen MR) is 91.0 cm³/mol. The number of aliphatic hydroxyl groups excluding tert-OH is 1. The van der Waals surface area contributed by atoms with Crippen molar-refractivity contribution in [3.8, 4) is 11.1 Å². The molecule has 1 saturated heterocycles. The van der Waals surface area contributed by atoms with Crippen molar-refractivity contribution in [3.05, 3.63) is 54.1 Å². The Morgan fingerprint density at radius 3 is 2.61 bits per heavy atom. The van der Waals surface area contributed by atoms with E-state index in [4.69, 9.17) is 0 Å². The Morgan fingerprint density at radius 1 is 1.17 bits per heavy atom. The van der Waals surface area contributed by atoms with E-state index in [2.05, 4.69) is 15.6 Å². The largest absolute Gasteiger partial charge is 0.391 e. The fraction of sp³-hybridized carbons (Fsp3) is 0.353. The molecule has 124 valence electrons. The molecule has 0 bridgehead atoms. The molecule has 1 aromatic heterocycles. The lowest BCUT2D eigenvalue weighted by Crippen LogP contribution is -2.30. The third-order valence-corrected chi connectivity index (χ3v) is 4.09. The van der Waals surface area contributed by atoms with Gasteiger partial charge in [-0.1, -0.05) is 12.1 Å². The maximum absolute atomic E-state index is 14.2. The lowest BCUT2D eigenvalue weighted by molar-refractivity contribution is 0.146. The predicted octanol–water partition coefficient (Wildman–Crippen LogP) is 1.98. The Balaban J connectivity index is 0.00000192. The van der Waals surface area contributed by atoms with E-state index in [9.17, 15) is 9.50 Å². The first-order chi connectivity index (χ1) is 10.7. The molecular formula is C17H21ClFN3O. The van der Waals surface area contributed by atoms with Gasteiger partial charge in [-0.15, -0.1) is 12.4 Å². The van der Waals surface area contributed by atoms with Gasteiger partial charge in [-0.3, -0.25) is 4.98 Å². The third-order valence-electron chi connectivity index (χ3n) is 4.09. The smallest absolute Gasteiger partial charge is 0.128 e. The van der Waals surface area contributed by atoms with Gasteiger partial charge in [0.05, 0.1) is 6.10 Å². The van der Waals surface area contributed by atoms with Gasteiger partial charge < -0.3 is 15.7 Å². The van der Waals surface area contributed by atoms with Crippen LogP contribution in [0.25, 0.3) is 11.1 Å². The molecule has 0 spiro atoms. The second kappa shape index (κ2) is 8.36. The van der Waals surface area contributed by atoms with Crippen molar-refractivity contribution in [1.82, 2.24) is 15.6 Å². The van der Waals surface area contributed by atoms with Crippen LogP contribution in [0.4, 0.5) is 4.39 Å². The summed E-state index contributed by atoms with van der Waals surface area (Å²) in [5.74, 6) is -0.0222. The van der Waals surface area contributed by atoms with E-state index in [0.717, 1.165) is 17.7 Å². The average molecular weight is 338 g/mol. The number of halogens is 2. The van der Waals surface area contributed by atoms with Gasteiger partial charge in [0.25, 0.3) is 0 Å². The van der Waals surface area contributed by atoms with Crippen LogP contribution >= 0.6 is 12.4 Å². The van der Waals surface area contributed by atoms with Crippen molar-refractivity contribution in [2.75, 3.05) is 19.6 Å². The zero-order valence-electron chi connectivity index (χ0n) is 12.7. The number of pyridine rings is 1. The van der Waals surface area contributed by atoms with Gasteiger partial charge in [-0.25, -0.2) is 4.39 Å². The number of hydrogen-bond acceptors (Lipinski definition) is 4. The maximum atomic E-state index is 14.2. The summed E-state index contributed by atoms with van der Waals surface area (Å²) in [5.41, 5.74) is 2.44. The summed E-state index contributed by atoms with van der Waals surface area (Å²) in [5, 5.41) is 16.1. The summed E-state index contributed by atoms with van der Waals surface area (Å²) in [4.78, 5) is 3.97. The number of rotatable bonds is 5. The highest BCUT2D eigenvalue weighted by atomic mass is 35.5. The van der Waals surface area contributed by atoms with Crippen molar-refractivity contribution in [2.24, 2.45) is 5.92 Å². The minimum atomic E-state index is -0.314. The summed E-state index contributed by atoms with van der Waals surface area (Å²) < 4.78 is 14.2. The summed E-state index contributed by atoms with van der Waals surface area (Å²) in [6, 6.07) is 9.00. The van der Waals surface area contributed by atoms with Crippen LogP contribution in [0, 0.1) is 11.7 Å². The lowest BCUT2D eigenvalue weighted by atomic mass is 10.0. The molecule has 3 rings (SSSR count). The van der Waals surface area contributed by atoms with Crippen molar-refractivity contribution in [3.63, 3.8) is 0 Å². The van der Waals surface area contributed by atoms with Crippen molar-refractivity contribution >= 4 is 12.4 Å². The molecule has 0 aliphatic carbocycles. The molecule has 23 heavy (non-hydrogen) atoms. The summed E-state index contributed by atoms with van der Waals surface area (Å²) >= 11 is 0. The fourth-order valence-corrected chi connectivity index (χ4v) is 2.73. The molecule has 1 aliphatic rings. The van der Waals surface area contributed by atoms with E-state index >= 15 is 0 Å². The van der Waals surface area contributed by atoms with Gasteiger partial charge in [0, 0.05) is 50.1 Å². The molecular weight excluding hydrogens is 317 g/mol. The molecule has 2 atom stereocenters. The van der Waals surface area contributed by atoms with Gasteiger partial charge in [-0.05, 0) is 29.3 Å². The highest BCUT2D eigenvalue weighted by Gasteiger charge is 2.24. The maximum Gasteiger partial charge on any atom is 0.128 e. The highest BCUT2D eigenvalue weighted by molar-refractivity contribution is 5.85. The molecule has 1 fully saturated rings. The van der Waals surface area contributed by atoms with Crippen LogP contribution < -0.4 is 10.6 Å². The van der Waals surface area contributed by atoms with Crippen LogP contribution in [0.15, 0.2) is 42.7 Å². The Bertz CT molecular complexity index is 626. The van der Waals surface area contributed by atoms with E-state index in [1.54, 1.807) is 24.5 Å². The van der Waals surface area contributed by atoms with Gasteiger partial charge >= 0.3 is 0 Å². The van der Waals surface area contributed by atoms with Crippen LogP contribution in [-0.2, 0) is 6.54 Å². The normalized spacial score (nSPS) is 20.3. The Kier molecular flexibility index (Phi) is 6.47. The zero-order valence-corrected chi connectivity index (χ0v) is 13.5. The highest BCUT2D eigenvalue weighted by Crippen LogP contribution is 2.21. The molecule has 0 saturated carbocycles. The first kappa shape index (κ1) is 17.8. The van der Waals surface area contributed by atoms with Crippen molar-refractivity contribution in [1.29, 1.82) is 0 Å². The van der Waals surface area contributed by atoms with E-state index in [1.807, 2.05) is 18.2 Å². The molecule has 0 radical (unpaired) electrons. The minimum Gasteiger partial charge on any atom is -0.391 e. The molecule has 3 N–H and O–H groups in total. The van der Waals surface area contributed by atoms with Gasteiger partial charge in [0.15, 0.2) is 0 Å². The van der Waals surface area contributed by atoms with E-state index in [1.165, 1.54) is 0 Å². The topological polar surface area (TPSA) is 57.2 Å². The monoisotopic (exact) mass is 337 g/mol. The second-order valence-corrected chi connectivity index (χ2v) is 5.66. The van der Waals surface area contributed by atoms with Crippen LogP contribution in [0.3, 0.4) is 0 Å². The number of benzene rings is 1. The Labute approximate surface area is 141 Å². The number of hydrogen-bond donors (Lipinski definition) is 3. The van der Waals surface area contributed by atoms with E-state index < -0.39 is 0 Å². The second-order valence-electron chi connectivity index (χ2n) is 5.66. The first-order valence-electron chi connectivity index (χ1n) is 7.52. The molecule has 1 aromatic carbocycles. The molecule has 6 heteroatoms. The molecule has 0 amide bonds. The molecule has 2 unspecified atom stereocenters. The first-order valence-corrected chi connectivity index (χ1v) is 7.52. The molecule has 2 aromatic rings. The number of nitrogens with one attached hydrogen (secondary N) is 2. The molecule has 4 nitrogen and oxygen atoms in total. The minimum absolute atomic E-state index is 0. The fourth-order valence-electron chi connectivity index (χ4n) is 2.73. The third kappa shape index (κ3) is 4.48. The quantitative estimate of drug-likeness (QED) is 0.781. The number of aromatic nitrogens is 1. The zero-order chi connectivity index (χ0) is 15.4. The number of β-amino-alcohol motifs (C(OH)–C–C–N with tert-alkyl or cyclic N) is 1. The van der Waals surface area contributed by atoms with Crippen molar-refractivity contribution in [2.45, 2.75) is 12.6 Å². The van der Waals surface area contributed by atoms with Gasteiger partial charge in [-0.2, -0.15) is 0 Å². The Hall–Kier alpha value is -1.53. The van der Waals surface area contributed by atoms with Crippen molar-refractivity contribution < 1.29 is 9.50 Å². The van der Waals surface area contributed by atoms with Gasteiger partial charge in [0.1, 0.15) is 5.82 Å². The van der Waals surface area contributed by atoms with Crippen LogP contribution in [0.2, 0.25) is 0 Å². The van der Waals surface area contributed by atoms with E-state index in [0.29, 0.717) is 25.2 Å². The van der Waals surface area contributed by atoms with Crippen LogP contribution in [-0.4, -0.2) is 35.8 Å². The summed E-state index contributed by atoms with van der Waals surface area (Å²) in [6.07, 6.45) is 3.08.